The molecule has 1 saturated heterocycles. The van der Waals surface area contributed by atoms with Crippen LogP contribution in [0.25, 0.3) is 0 Å². The average molecular weight is 280 g/mol. The summed E-state index contributed by atoms with van der Waals surface area (Å²) in [6, 6.07) is 0.0000790. The summed E-state index contributed by atoms with van der Waals surface area (Å²) in [7, 11) is 0. The Morgan fingerprint density at radius 3 is 2.75 bits per heavy atom. The van der Waals surface area contributed by atoms with Gasteiger partial charge in [0, 0.05) is 13.1 Å². The van der Waals surface area contributed by atoms with E-state index < -0.39 is 0 Å². The van der Waals surface area contributed by atoms with E-state index >= 15 is 0 Å². The van der Waals surface area contributed by atoms with Crippen LogP contribution in [0.5, 0.6) is 0 Å². The van der Waals surface area contributed by atoms with Crippen LogP contribution in [0.3, 0.4) is 0 Å². The Bertz CT molecular complexity index is 498. The van der Waals surface area contributed by atoms with E-state index in [0.29, 0.717) is 13.2 Å². The number of nitrogens with one attached hydrogen (secondary N) is 1. The van der Waals surface area contributed by atoms with Gasteiger partial charge >= 0.3 is 6.03 Å². The number of hydrogen-bond acceptors (Lipinski definition) is 3. The second-order valence-corrected chi connectivity index (χ2v) is 5.30. The van der Waals surface area contributed by atoms with E-state index in [4.69, 9.17) is 4.74 Å². The molecule has 2 atom stereocenters. The molecule has 2 heterocycles. The van der Waals surface area contributed by atoms with Crippen molar-refractivity contribution in [3.63, 3.8) is 0 Å². The molecule has 6 nitrogen and oxygen atoms in total. The molecule has 0 aromatic carbocycles. The molecule has 0 aliphatic carbocycles. The summed E-state index contributed by atoms with van der Waals surface area (Å²) in [5.41, 5.74) is 2.67. The summed E-state index contributed by atoms with van der Waals surface area (Å²) < 4.78 is 7.45. The standard InChI is InChI=1S/C14H24N4O2/c1-6-18-11(4)13(9(2)16-18)15-14(19)17-7-8-20-12(5)10(17)3/h10,12H,6-8H2,1-5H3,(H,15,19)/t10-,12+/m0/s1. The van der Waals surface area contributed by atoms with Crippen LogP contribution >= 0.6 is 0 Å². The number of urea groups is 1. The van der Waals surface area contributed by atoms with Crippen molar-refractivity contribution in [1.82, 2.24) is 14.7 Å². The minimum Gasteiger partial charge on any atom is -0.375 e. The molecule has 0 saturated carbocycles. The van der Waals surface area contributed by atoms with Crippen molar-refractivity contribution < 1.29 is 9.53 Å². The molecule has 6 heteroatoms. The van der Waals surface area contributed by atoms with E-state index in [1.165, 1.54) is 0 Å². The topological polar surface area (TPSA) is 59.4 Å². The predicted molar refractivity (Wildman–Crippen MR) is 78.0 cm³/mol. The molecular formula is C14H24N4O2. The zero-order valence-electron chi connectivity index (χ0n) is 12.9. The lowest BCUT2D eigenvalue weighted by molar-refractivity contribution is -0.0355. The van der Waals surface area contributed by atoms with E-state index in [9.17, 15) is 4.79 Å². The maximum absolute atomic E-state index is 12.4. The normalized spacial score (nSPS) is 22.9. The van der Waals surface area contributed by atoms with Gasteiger partial charge in [0.15, 0.2) is 0 Å². The van der Waals surface area contributed by atoms with Crippen LogP contribution in [-0.2, 0) is 11.3 Å². The van der Waals surface area contributed by atoms with Gasteiger partial charge in [0.1, 0.15) is 0 Å². The highest BCUT2D eigenvalue weighted by Gasteiger charge is 2.29. The first-order valence-corrected chi connectivity index (χ1v) is 7.19. The Labute approximate surface area is 120 Å². The van der Waals surface area contributed by atoms with Crippen LogP contribution in [0.4, 0.5) is 10.5 Å². The number of anilines is 1. The fourth-order valence-electron chi connectivity index (χ4n) is 2.58. The fourth-order valence-corrected chi connectivity index (χ4v) is 2.58. The van der Waals surface area contributed by atoms with Gasteiger partial charge < -0.3 is 15.0 Å². The third kappa shape index (κ3) is 2.65. The largest absolute Gasteiger partial charge is 0.375 e. The van der Waals surface area contributed by atoms with Crippen LogP contribution in [0.15, 0.2) is 0 Å². The summed E-state index contributed by atoms with van der Waals surface area (Å²) in [6.45, 7) is 12.0. The number of morpholine rings is 1. The molecule has 1 aliphatic rings. The highest BCUT2D eigenvalue weighted by Crippen LogP contribution is 2.21. The number of carbonyl (C=O) groups is 1. The average Bonchev–Trinajstić information content (AvgIpc) is 2.69. The lowest BCUT2D eigenvalue weighted by atomic mass is 10.1. The van der Waals surface area contributed by atoms with Crippen molar-refractivity contribution in [2.24, 2.45) is 0 Å². The minimum atomic E-state index is -0.0745. The third-order valence-corrected chi connectivity index (χ3v) is 4.06. The molecule has 112 valence electrons. The zero-order valence-corrected chi connectivity index (χ0v) is 12.9. The molecule has 20 heavy (non-hydrogen) atoms. The van der Waals surface area contributed by atoms with Crippen LogP contribution in [0.2, 0.25) is 0 Å². The van der Waals surface area contributed by atoms with Gasteiger partial charge in [-0.05, 0) is 34.6 Å². The Kier molecular flexibility index (Phi) is 4.32. The smallest absolute Gasteiger partial charge is 0.322 e. The highest BCUT2D eigenvalue weighted by molar-refractivity contribution is 5.90. The van der Waals surface area contributed by atoms with Crippen molar-refractivity contribution in [2.75, 3.05) is 18.5 Å². The Morgan fingerprint density at radius 2 is 2.15 bits per heavy atom. The van der Waals surface area contributed by atoms with Crippen molar-refractivity contribution in [2.45, 2.75) is 53.3 Å². The van der Waals surface area contributed by atoms with Crippen molar-refractivity contribution in [1.29, 1.82) is 0 Å². The maximum Gasteiger partial charge on any atom is 0.322 e. The number of nitrogens with zero attached hydrogens (tertiary/aromatic N) is 3. The molecule has 1 N–H and O–H groups in total. The number of amides is 2. The lowest BCUT2D eigenvalue weighted by Crippen LogP contribution is -2.52. The monoisotopic (exact) mass is 280 g/mol. The Hall–Kier alpha value is -1.56. The Morgan fingerprint density at radius 1 is 1.45 bits per heavy atom. The van der Waals surface area contributed by atoms with Crippen molar-refractivity contribution in [3.05, 3.63) is 11.4 Å². The molecule has 1 fully saturated rings. The van der Waals surface area contributed by atoms with E-state index in [1.807, 2.05) is 44.2 Å². The van der Waals surface area contributed by atoms with Crippen LogP contribution in [0, 0.1) is 13.8 Å². The maximum atomic E-state index is 12.4. The number of aryl methyl sites for hydroxylation is 2. The van der Waals surface area contributed by atoms with Crippen LogP contribution in [0.1, 0.15) is 32.2 Å². The SMILES string of the molecule is CCn1nc(C)c(NC(=O)N2CCO[C@H](C)[C@@H]2C)c1C. The van der Waals surface area contributed by atoms with Gasteiger partial charge in [0.2, 0.25) is 0 Å². The predicted octanol–water partition coefficient (Wildman–Crippen LogP) is 2.16. The van der Waals surface area contributed by atoms with Gasteiger partial charge in [-0.2, -0.15) is 5.10 Å². The van der Waals surface area contributed by atoms with Gasteiger partial charge in [-0.15, -0.1) is 0 Å². The number of rotatable bonds is 2. The molecule has 1 aromatic rings. The van der Waals surface area contributed by atoms with Gasteiger partial charge in [0.25, 0.3) is 0 Å². The lowest BCUT2D eigenvalue weighted by Gasteiger charge is -2.37. The molecule has 0 spiro atoms. The van der Waals surface area contributed by atoms with Crippen LogP contribution in [-0.4, -0.2) is 46.0 Å². The summed E-state index contributed by atoms with van der Waals surface area (Å²) in [6.07, 6.45) is 0.0649. The number of carbonyl (C=O) groups excluding carboxylic acids is 1. The zero-order chi connectivity index (χ0) is 14.9. The molecule has 0 unspecified atom stereocenters. The van der Waals surface area contributed by atoms with Gasteiger partial charge in [-0.3, -0.25) is 4.68 Å². The molecule has 0 bridgehead atoms. The number of hydrogen-bond donors (Lipinski definition) is 1. The first-order chi connectivity index (χ1) is 9.45. The van der Waals surface area contributed by atoms with E-state index in [-0.39, 0.29) is 18.2 Å². The number of aromatic nitrogens is 2. The van der Waals surface area contributed by atoms with Crippen LogP contribution < -0.4 is 5.32 Å². The molecule has 2 rings (SSSR count). The van der Waals surface area contributed by atoms with E-state index in [2.05, 4.69) is 10.4 Å². The summed E-state index contributed by atoms with van der Waals surface area (Å²) in [5, 5.41) is 7.42. The third-order valence-electron chi connectivity index (χ3n) is 4.06. The van der Waals surface area contributed by atoms with Gasteiger partial charge in [-0.25, -0.2) is 4.79 Å². The molecule has 2 amide bonds. The minimum absolute atomic E-state index is 0.0649. The first-order valence-electron chi connectivity index (χ1n) is 7.19. The van der Waals surface area contributed by atoms with E-state index in [1.54, 1.807) is 0 Å². The number of ether oxygens (including phenoxy) is 1. The molecule has 0 radical (unpaired) electrons. The Balaban J connectivity index is 2.13. The van der Waals surface area contributed by atoms with E-state index in [0.717, 1.165) is 23.6 Å². The fraction of sp³-hybridized carbons (Fsp3) is 0.714. The second-order valence-electron chi connectivity index (χ2n) is 5.30. The molecule has 1 aromatic heterocycles. The van der Waals surface area contributed by atoms with Crippen molar-refractivity contribution >= 4 is 11.7 Å². The quantitative estimate of drug-likeness (QED) is 0.903. The summed E-state index contributed by atoms with van der Waals surface area (Å²) in [5.74, 6) is 0. The summed E-state index contributed by atoms with van der Waals surface area (Å²) >= 11 is 0. The van der Waals surface area contributed by atoms with Gasteiger partial charge in [-0.1, -0.05) is 0 Å². The summed E-state index contributed by atoms with van der Waals surface area (Å²) in [4.78, 5) is 14.3. The highest BCUT2D eigenvalue weighted by atomic mass is 16.5. The van der Waals surface area contributed by atoms with Gasteiger partial charge in [0.05, 0.1) is 35.8 Å². The first kappa shape index (κ1) is 14.8. The molecule has 1 aliphatic heterocycles. The van der Waals surface area contributed by atoms with Crippen molar-refractivity contribution in [3.8, 4) is 0 Å². The second kappa shape index (κ2) is 5.83. The molecular weight excluding hydrogens is 256 g/mol.